The van der Waals surface area contributed by atoms with Crippen molar-refractivity contribution in [1.82, 2.24) is 0 Å². The fourth-order valence-electron chi connectivity index (χ4n) is 2.88. The molecule has 3 aromatic rings. The molecule has 0 aromatic heterocycles. The van der Waals surface area contributed by atoms with E-state index in [9.17, 15) is 4.39 Å². The lowest BCUT2D eigenvalue weighted by atomic mass is 9.97. The maximum absolute atomic E-state index is 14.0. The van der Waals surface area contributed by atoms with Crippen molar-refractivity contribution in [3.63, 3.8) is 0 Å². The Morgan fingerprint density at radius 3 is 1.70 bits per heavy atom. The lowest BCUT2D eigenvalue weighted by Crippen LogP contribution is -2.37. The molecule has 0 amide bonds. The summed E-state index contributed by atoms with van der Waals surface area (Å²) in [6.45, 7) is 0. The summed E-state index contributed by atoms with van der Waals surface area (Å²) in [6, 6.07) is 12.5. The fourth-order valence-corrected chi connectivity index (χ4v) is 4.27. The molecule has 1 aliphatic heterocycles. The van der Waals surface area contributed by atoms with Crippen molar-refractivity contribution in [2.45, 2.75) is 5.79 Å². The summed E-state index contributed by atoms with van der Waals surface area (Å²) in [5, 5.41) is 1.51. The maximum atomic E-state index is 14.0. The molecule has 0 saturated carbocycles. The summed E-state index contributed by atoms with van der Waals surface area (Å²) in [7, 11) is 0. The first kappa shape index (κ1) is 19.2. The molecule has 27 heavy (non-hydrogen) atoms. The Kier molecular flexibility index (Phi) is 4.98. The van der Waals surface area contributed by atoms with Crippen LogP contribution in [0.25, 0.3) is 0 Å². The molecule has 3 aromatic carbocycles. The number of halogens is 6. The minimum absolute atomic E-state index is 0.215. The Labute approximate surface area is 182 Å². The summed E-state index contributed by atoms with van der Waals surface area (Å²) in [5.74, 6) is -1.47. The van der Waals surface area contributed by atoms with Crippen LogP contribution in [-0.4, -0.2) is 0 Å². The average molecular weight is 509 g/mol. The van der Waals surface area contributed by atoms with Gasteiger partial charge < -0.3 is 9.47 Å². The van der Waals surface area contributed by atoms with Crippen LogP contribution in [0.2, 0.25) is 20.1 Å². The molecule has 0 atom stereocenters. The Hall–Kier alpha value is -1.17. The Bertz CT molecular complexity index is 989. The molecular weight excluding hydrogens is 501 g/mol. The van der Waals surface area contributed by atoms with Gasteiger partial charge in [-0.1, -0.05) is 46.4 Å². The summed E-state index contributed by atoms with van der Waals surface area (Å²) in [4.78, 5) is 0. The van der Waals surface area contributed by atoms with Gasteiger partial charge in [0.25, 0.3) is 0 Å². The van der Waals surface area contributed by atoms with Crippen molar-refractivity contribution in [1.29, 1.82) is 0 Å². The van der Waals surface area contributed by atoms with Crippen molar-refractivity contribution in [3.05, 3.63) is 90.0 Å². The summed E-state index contributed by atoms with van der Waals surface area (Å²) in [6.07, 6.45) is 0. The Morgan fingerprint density at radius 2 is 1.22 bits per heavy atom. The topological polar surface area (TPSA) is 18.5 Å². The van der Waals surface area contributed by atoms with Crippen molar-refractivity contribution in [3.8, 4) is 11.5 Å². The number of benzene rings is 3. The SMILES string of the molecule is Fc1cc2c(cc1Br)OC(c1ccc(Cl)cc1Cl)(c1ccc(Cl)cc1Cl)O2. The third kappa shape index (κ3) is 3.28. The number of ether oxygens (including phenoxy) is 2. The van der Waals surface area contributed by atoms with Crippen LogP contribution in [0.4, 0.5) is 4.39 Å². The van der Waals surface area contributed by atoms with Gasteiger partial charge in [0, 0.05) is 22.2 Å². The first-order valence-electron chi connectivity index (χ1n) is 7.58. The zero-order chi connectivity index (χ0) is 19.3. The van der Waals surface area contributed by atoms with Gasteiger partial charge >= 0.3 is 5.79 Å². The van der Waals surface area contributed by atoms with E-state index in [2.05, 4.69) is 15.9 Å². The first-order valence-corrected chi connectivity index (χ1v) is 9.89. The standard InChI is InChI=1S/C19H8BrCl4FO2/c20-13-7-17-18(8-16(13)25)27-19(26-17,11-3-1-9(21)5-14(11)23)12-4-2-10(22)6-15(12)24/h1-8H. The van der Waals surface area contributed by atoms with E-state index in [1.165, 1.54) is 12.1 Å². The fraction of sp³-hybridized carbons (Fsp3) is 0.0526. The van der Waals surface area contributed by atoms with Gasteiger partial charge in [0.05, 0.1) is 25.6 Å². The van der Waals surface area contributed by atoms with Gasteiger partial charge in [-0.3, -0.25) is 0 Å². The molecule has 8 heteroatoms. The van der Waals surface area contributed by atoms with Gasteiger partial charge in [0.1, 0.15) is 5.82 Å². The minimum atomic E-state index is -1.53. The van der Waals surface area contributed by atoms with Crippen molar-refractivity contribution in [2.75, 3.05) is 0 Å². The molecule has 0 bridgehead atoms. The van der Waals surface area contributed by atoms with Gasteiger partial charge in [0.15, 0.2) is 11.5 Å². The van der Waals surface area contributed by atoms with Crippen molar-refractivity contribution < 1.29 is 13.9 Å². The van der Waals surface area contributed by atoms with Crippen LogP contribution in [-0.2, 0) is 5.79 Å². The molecule has 1 aliphatic rings. The lowest BCUT2D eigenvalue weighted by molar-refractivity contribution is -0.0457. The molecule has 0 aliphatic carbocycles. The predicted octanol–water partition coefficient (Wildman–Crippen LogP) is 7.87. The van der Waals surface area contributed by atoms with E-state index in [0.29, 0.717) is 37.0 Å². The highest BCUT2D eigenvalue weighted by molar-refractivity contribution is 9.10. The van der Waals surface area contributed by atoms with Gasteiger partial charge in [-0.25, -0.2) is 4.39 Å². The zero-order valence-electron chi connectivity index (χ0n) is 13.2. The molecule has 0 fully saturated rings. The summed E-state index contributed by atoms with van der Waals surface area (Å²) >= 11 is 28.1. The van der Waals surface area contributed by atoms with E-state index in [1.54, 1.807) is 36.4 Å². The smallest absolute Gasteiger partial charge is 0.308 e. The summed E-state index contributed by atoms with van der Waals surface area (Å²) < 4.78 is 26.5. The quantitative estimate of drug-likeness (QED) is 0.350. The monoisotopic (exact) mass is 506 g/mol. The molecule has 0 unspecified atom stereocenters. The number of rotatable bonds is 2. The van der Waals surface area contributed by atoms with E-state index in [0.717, 1.165) is 0 Å². The van der Waals surface area contributed by atoms with E-state index < -0.39 is 11.6 Å². The van der Waals surface area contributed by atoms with Crippen LogP contribution in [0.15, 0.2) is 53.0 Å². The Morgan fingerprint density at radius 1 is 0.741 bits per heavy atom. The van der Waals surface area contributed by atoms with Gasteiger partial charge in [-0.15, -0.1) is 0 Å². The molecule has 4 rings (SSSR count). The van der Waals surface area contributed by atoms with E-state index in [1.807, 2.05) is 0 Å². The molecule has 0 radical (unpaired) electrons. The number of fused-ring (bicyclic) bond motifs is 1. The normalized spacial score (nSPS) is 14.4. The average Bonchev–Trinajstić information content (AvgIpc) is 2.93. The van der Waals surface area contributed by atoms with Crippen molar-refractivity contribution in [2.24, 2.45) is 0 Å². The zero-order valence-corrected chi connectivity index (χ0v) is 17.8. The van der Waals surface area contributed by atoms with Gasteiger partial charge in [-0.05, 0) is 52.3 Å². The van der Waals surface area contributed by atoms with E-state index >= 15 is 0 Å². The highest BCUT2D eigenvalue weighted by Crippen LogP contribution is 2.52. The van der Waals surface area contributed by atoms with Crippen LogP contribution in [0.3, 0.4) is 0 Å². The number of hydrogen-bond donors (Lipinski definition) is 0. The molecule has 0 N–H and O–H groups in total. The van der Waals surface area contributed by atoms with Crippen LogP contribution < -0.4 is 9.47 Å². The first-order chi connectivity index (χ1) is 12.8. The second-order valence-corrected chi connectivity index (χ2v) is 8.32. The van der Waals surface area contributed by atoms with Crippen LogP contribution in [0, 0.1) is 5.82 Å². The van der Waals surface area contributed by atoms with Crippen LogP contribution in [0.1, 0.15) is 11.1 Å². The second-order valence-electron chi connectivity index (χ2n) is 5.78. The van der Waals surface area contributed by atoms with Gasteiger partial charge in [-0.2, -0.15) is 0 Å². The molecule has 2 nitrogen and oxygen atoms in total. The predicted molar refractivity (Wildman–Crippen MR) is 109 cm³/mol. The summed E-state index contributed by atoms with van der Waals surface area (Å²) in [5.41, 5.74) is 0.927. The highest BCUT2D eigenvalue weighted by atomic mass is 79.9. The molecular formula is C19H8BrCl4FO2. The molecule has 138 valence electrons. The van der Waals surface area contributed by atoms with Crippen molar-refractivity contribution >= 4 is 62.3 Å². The molecule has 1 heterocycles. The van der Waals surface area contributed by atoms with Gasteiger partial charge in [0.2, 0.25) is 0 Å². The molecule has 0 saturated heterocycles. The van der Waals surface area contributed by atoms with E-state index in [-0.39, 0.29) is 10.2 Å². The largest absolute Gasteiger partial charge is 0.440 e. The Balaban J connectivity index is 1.97. The van der Waals surface area contributed by atoms with Crippen LogP contribution >= 0.6 is 62.3 Å². The number of hydrogen-bond acceptors (Lipinski definition) is 2. The third-order valence-corrected chi connectivity index (χ3v) is 5.77. The minimum Gasteiger partial charge on any atom is -0.440 e. The van der Waals surface area contributed by atoms with Crippen LogP contribution in [0.5, 0.6) is 11.5 Å². The highest BCUT2D eigenvalue weighted by Gasteiger charge is 2.48. The lowest BCUT2D eigenvalue weighted by Gasteiger charge is -2.30. The van der Waals surface area contributed by atoms with E-state index in [4.69, 9.17) is 55.9 Å². The third-order valence-electron chi connectivity index (χ3n) is 4.07. The second kappa shape index (κ2) is 7.02. The maximum Gasteiger partial charge on any atom is 0.308 e. The molecule has 0 spiro atoms.